The van der Waals surface area contributed by atoms with Crippen molar-refractivity contribution in [2.75, 3.05) is 19.6 Å². The molecule has 0 amide bonds. The molecule has 0 fully saturated rings. The van der Waals surface area contributed by atoms with Crippen molar-refractivity contribution in [1.82, 2.24) is 20.1 Å². The van der Waals surface area contributed by atoms with Crippen molar-refractivity contribution in [3.05, 3.63) is 24.0 Å². The van der Waals surface area contributed by atoms with Gasteiger partial charge in [-0.2, -0.15) is 0 Å². The summed E-state index contributed by atoms with van der Waals surface area (Å²) in [7, 11) is 2.03. The molecule has 0 bridgehead atoms. The van der Waals surface area contributed by atoms with Crippen LogP contribution in [-0.4, -0.2) is 47.1 Å². The van der Waals surface area contributed by atoms with Crippen molar-refractivity contribution in [2.24, 2.45) is 12.0 Å². The molecule has 1 aromatic heterocycles. The summed E-state index contributed by atoms with van der Waals surface area (Å²) in [6.07, 6.45) is 4.15. The molecule has 0 aliphatic carbocycles. The molecule has 5 nitrogen and oxygen atoms in total. The minimum absolute atomic E-state index is 0. The smallest absolute Gasteiger partial charge is 0.191 e. The quantitative estimate of drug-likeness (QED) is 0.375. The molecule has 1 aromatic rings. The maximum absolute atomic E-state index is 4.65. The van der Waals surface area contributed by atoms with Gasteiger partial charge in [0.1, 0.15) is 0 Å². The number of aromatic nitrogens is 1. The van der Waals surface area contributed by atoms with Crippen molar-refractivity contribution in [1.29, 1.82) is 0 Å². The first-order valence-corrected chi connectivity index (χ1v) is 8.32. The monoisotopic (exact) mass is 435 g/mol. The average molecular weight is 435 g/mol. The summed E-state index contributed by atoms with van der Waals surface area (Å²) in [4.78, 5) is 7.13. The van der Waals surface area contributed by atoms with Crippen LogP contribution in [0.15, 0.2) is 23.5 Å². The first-order valence-electron chi connectivity index (χ1n) is 8.32. The zero-order chi connectivity index (χ0) is 16.5. The molecule has 134 valence electrons. The van der Waals surface area contributed by atoms with Crippen LogP contribution in [-0.2, 0) is 13.6 Å². The highest BCUT2D eigenvalue weighted by molar-refractivity contribution is 14.0. The number of rotatable bonds is 8. The number of nitrogens with zero attached hydrogens (tertiary/aromatic N) is 3. The molecule has 0 saturated carbocycles. The highest BCUT2D eigenvalue weighted by Crippen LogP contribution is 2.03. The van der Waals surface area contributed by atoms with E-state index in [2.05, 4.69) is 67.4 Å². The van der Waals surface area contributed by atoms with Crippen molar-refractivity contribution in [3.8, 4) is 0 Å². The SMILES string of the molecule is CCNC(=NCc1ccn(C)c1)NCCN(C(C)C)C(C)C.I. The van der Waals surface area contributed by atoms with Gasteiger partial charge in [-0.25, -0.2) is 4.99 Å². The number of halogens is 1. The highest BCUT2D eigenvalue weighted by Gasteiger charge is 2.12. The summed E-state index contributed by atoms with van der Waals surface area (Å²) in [6.45, 7) is 14.6. The topological polar surface area (TPSA) is 44.6 Å². The molecule has 0 unspecified atom stereocenters. The summed E-state index contributed by atoms with van der Waals surface area (Å²) in [5.74, 6) is 0.888. The average Bonchev–Trinajstić information content (AvgIpc) is 2.85. The van der Waals surface area contributed by atoms with E-state index in [1.807, 2.05) is 17.8 Å². The summed E-state index contributed by atoms with van der Waals surface area (Å²) < 4.78 is 2.05. The van der Waals surface area contributed by atoms with E-state index in [0.717, 1.165) is 25.6 Å². The van der Waals surface area contributed by atoms with Crippen LogP contribution in [0, 0.1) is 0 Å². The molecule has 0 aromatic carbocycles. The molecule has 1 rings (SSSR count). The van der Waals surface area contributed by atoms with Crippen molar-refractivity contribution in [2.45, 2.75) is 53.2 Å². The maximum atomic E-state index is 4.65. The van der Waals surface area contributed by atoms with Crippen molar-refractivity contribution < 1.29 is 0 Å². The minimum Gasteiger partial charge on any atom is -0.357 e. The summed E-state index contributed by atoms with van der Waals surface area (Å²) in [5.41, 5.74) is 1.23. The Morgan fingerprint density at radius 1 is 1.22 bits per heavy atom. The Labute approximate surface area is 158 Å². The Morgan fingerprint density at radius 2 is 1.87 bits per heavy atom. The van der Waals surface area contributed by atoms with Gasteiger partial charge < -0.3 is 15.2 Å². The van der Waals surface area contributed by atoms with E-state index in [1.54, 1.807) is 0 Å². The molecule has 0 aliphatic heterocycles. The fraction of sp³-hybridized carbons (Fsp3) is 0.706. The van der Waals surface area contributed by atoms with Gasteiger partial charge in [0.05, 0.1) is 6.54 Å². The van der Waals surface area contributed by atoms with Crippen LogP contribution in [0.1, 0.15) is 40.2 Å². The minimum atomic E-state index is 0. The van der Waals surface area contributed by atoms with Crippen molar-refractivity contribution >= 4 is 29.9 Å². The lowest BCUT2D eigenvalue weighted by Gasteiger charge is -2.30. The fourth-order valence-electron chi connectivity index (χ4n) is 2.58. The molecule has 0 aliphatic rings. The predicted octanol–water partition coefficient (Wildman–Crippen LogP) is 2.82. The summed E-state index contributed by atoms with van der Waals surface area (Å²) in [6, 6.07) is 3.23. The molecule has 0 radical (unpaired) electrons. The maximum Gasteiger partial charge on any atom is 0.191 e. The van der Waals surface area contributed by atoms with Crippen LogP contribution >= 0.6 is 24.0 Å². The van der Waals surface area contributed by atoms with Crippen LogP contribution < -0.4 is 10.6 Å². The molecule has 23 heavy (non-hydrogen) atoms. The molecule has 0 atom stereocenters. The van der Waals surface area contributed by atoms with Crippen LogP contribution in [0.3, 0.4) is 0 Å². The predicted molar refractivity (Wildman–Crippen MR) is 111 cm³/mol. The van der Waals surface area contributed by atoms with Crippen LogP contribution in [0.5, 0.6) is 0 Å². The number of aryl methyl sites for hydroxylation is 1. The second kappa shape index (κ2) is 11.7. The molecule has 0 spiro atoms. The van der Waals surface area contributed by atoms with E-state index in [0.29, 0.717) is 18.6 Å². The van der Waals surface area contributed by atoms with Gasteiger partial charge in [-0.15, -0.1) is 24.0 Å². The number of aliphatic imine (C=N–C) groups is 1. The number of hydrogen-bond acceptors (Lipinski definition) is 2. The first kappa shape index (κ1) is 22.2. The van der Waals surface area contributed by atoms with E-state index < -0.39 is 0 Å². The van der Waals surface area contributed by atoms with Gasteiger partial charge in [0.2, 0.25) is 0 Å². The van der Waals surface area contributed by atoms with Gasteiger partial charge in [0.15, 0.2) is 5.96 Å². The lowest BCUT2D eigenvalue weighted by Crippen LogP contribution is -2.45. The number of hydrogen-bond donors (Lipinski definition) is 2. The van der Waals surface area contributed by atoms with E-state index in [4.69, 9.17) is 0 Å². The summed E-state index contributed by atoms with van der Waals surface area (Å²) >= 11 is 0. The largest absolute Gasteiger partial charge is 0.357 e. The lowest BCUT2D eigenvalue weighted by molar-refractivity contribution is 0.178. The molecular formula is C17H34IN5. The standard InChI is InChI=1S/C17H33N5.HI/c1-7-18-17(20-12-16-8-10-21(6)13-16)19-9-11-22(14(2)3)15(4)5;/h8,10,13-15H,7,9,11-12H2,1-6H3,(H2,18,19,20);1H. The van der Waals surface area contributed by atoms with E-state index in [-0.39, 0.29) is 24.0 Å². The molecule has 2 N–H and O–H groups in total. The molecule has 1 heterocycles. The highest BCUT2D eigenvalue weighted by atomic mass is 127. The van der Waals surface area contributed by atoms with Gasteiger partial charge in [-0.1, -0.05) is 0 Å². The Hall–Kier alpha value is -0.760. The van der Waals surface area contributed by atoms with Gasteiger partial charge in [-0.05, 0) is 46.2 Å². The number of guanidine groups is 1. The Balaban J connectivity index is 0.00000484. The lowest BCUT2D eigenvalue weighted by atomic mass is 10.2. The molecule has 6 heteroatoms. The zero-order valence-corrected chi connectivity index (χ0v) is 17.8. The van der Waals surface area contributed by atoms with Crippen LogP contribution in [0.2, 0.25) is 0 Å². The van der Waals surface area contributed by atoms with Gasteiger partial charge in [0.25, 0.3) is 0 Å². The van der Waals surface area contributed by atoms with Crippen LogP contribution in [0.25, 0.3) is 0 Å². The third kappa shape index (κ3) is 8.60. The molecular weight excluding hydrogens is 401 g/mol. The van der Waals surface area contributed by atoms with Gasteiger partial charge in [0, 0.05) is 51.2 Å². The second-order valence-corrected chi connectivity index (χ2v) is 6.23. The summed E-state index contributed by atoms with van der Waals surface area (Å²) in [5, 5.41) is 6.73. The third-order valence-electron chi connectivity index (χ3n) is 3.65. The zero-order valence-electron chi connectivity index (χ0n) is 15.5. The van der Waals surface area contributed by atoms with Crippen molar-refractivity contribution in [3.63, 3.8) is 0 Å². The Kier molecular flexibility index (Phi) is 11.3. The normalized spacial score (nSPS) is 12.0. The van der Waals surface area contributed by atoms with Gasteiger partial charge in [-0.3, -0.25) is 4.90 Å². The first-order chi connectivity index (χ1) is 10.4. The van der Waals surface area contributed by atoms with Gasteiger partial charge >= 0.3 is 0 Å². The third-order valence-corrected chi connectivity index (χ3v) is 3.65. The van der Waals surface area contributed by atoms with E-state index >= 15 is 0 Å². The number of nitrogens with one attached hydrogen (secondary N) is 2. The fourth-order valence-corrected chi connectivity index (χ4v) is 2.58. The van der Waals surface area contributed by atoms with E-state index in [9.17, 15) is 0 Å². The second-order valence-electron chi connectivity index (χ2n) is 6.23. The van der Waals surface area contributed by atoms with E-state index in [1.165, 1.54) is 5.56 Å². The molecule has 0 saturated heterocycles. The Morgan fingerprint density at radius 3 is 2.35 bits per heavy atom. The Bertz CT molecular complexity index is 446. The van der Waals surface area contributed by atoms with Crippen LogP contribution in [0.4, 0.5) is 0 Å².